The van der Waals surface area contributed by atoms with Gasteiger partial charge in [0.15, 0.2) is 0 Å². The highest BCUT2D eigenvalue weighted by atomic mass is 19.1. The molecule has 0 aliphatic carbocycles. The summed E-state index contributed by atoms with van der Waals surface area (Å²) in [6.45, 7) is 3.61. The van der Waals surface area contributed by atoms with Crippen molar-refractivity contribution >= 4 is 10.9 Å². The van der Waals surface area contributed by atoms with Gasteiger partial charge in [0, 0.05) is 23.1 Å². The molecule has 2 nitrogen and oxygen atoms in total. The number of fused-ring (bicyclic) bond motifs is 1. The van der Waals surface area contributed by atoms with Crippen molar-refractivity contribution < 1.29 is 4.39 Å². The first kappa shape index (κ1) is 8.97. The second kappa shape index (κ2) is 3.27. The maximum Gasteiger partial charge on any atom is 0.123 e. The number of aromatic amines is 1. The van der Waals surface area contributed by atoms with E-state index in [0.717, 1.165) is 16.5 Å². The molecule has 14 heavy (non-hydrogen) atoms. The van der Waals surface area contributed by atoms with E-state index in [1.165, 1.54) is 12.1 Å². The molecular formula is C11H11FN2. The Morgan fingerprint density at radius 3 is 3.00 bits per heavy atom. The molecule has 1 aromatic carbocycles. The molecule has 2 aromatic rings. The zero-order valence-electron chi connectivity index (χ0n) is 7.63. The van der Waals surface area contributed by atoms with Crippen LogP contribution in [0.15, 0.2) is 37.1 Å². The van der Waals surface area contributed by atoms with Crippen LogP contribution in [0.1, 0.15) is 11.6 Å². The fraction of sp³-hybridized carbons (Fsp3) is 0.0909. The van der Waals surface area contributed by atoms with E-state index in [-0.39, 0.29) is 11.9 Å². The van der Waals surface area contributed by atoms with Crippen molar-refractivity contribution in [1.82, 2.24) is 4.98 Å². The van der Waals surface area contributed by atoms with Gasteiger partial charge in [0.2, 0.25) is 0 Å². The lowest BCUT2D eigenvalue weighted by atomic mass is 10.1. The van der Waals surface area contributed by atoms with Crippen LogP contribution in [-0.4, -0.2) is 4.98 Å². The summed E-state index contributed by atoms with van der Waals surface area (Å²) in [4.78, 5) is 3.04. The van der Waals surface area contributed by atoms with Crippen molar-refractivity contribution in [1.29, 1.82) is 0 Å². The number of H-pyrrole nitrogens is 1. The second-order valence-corrected chi connectivity index (χ2v) is 3.20. The Balaban J connectivity index is 2.66. The summed E-state index contributed by atoms with van der Waals surface area (Å²) in [6.07, 6.45) is 3.42. The third kappa shape index (κ3) is 1.32. The normalized spacial score (nSPS) is 13.0. The minimum Gasteiger partial charge on any atom is -0.361 e. The smallest absolute Gasteiger partial charge is 0.123 e. The molecule has 0 saturated heterocycles. The average Bonchev–Trinajstić information content (AvgIpc) is 2.59. The second-order valence-electron chi connectivity index (χ2n) is 3.20. The van der Waals surface area contributed by atoms with Crippen molar-refractivity contribution in [3.63, 3.8) is 0 Å². The Labute approximate surface area is 81.2 Å². The monoisotopic (exact) mass is 190 g/mol. The van der Waals surface area contributed by atoms with Crippen molar-refractivity contribution in [3.05, 3.63) is 48.4 Å². The number of halogens is 1. The number of hydrogen-bond donors (Lipinski definition) is 2. The van der Waals surface area contributed by atoms with Gasteiger partial charge in [0.05, 0.1) is 0 Å². The van der Waals surface area contributed by atoms with E-state index >= 15 is 0 Å². The van der Waals surface area contributed by atoms with Crippen molar-refractivity contribution in [2.75, 3.05) is 0 Å². The Hall–Kier alpha value is -1.61. The Kier molecular flexibility index (Phi) is 2.09. The van der Waals surface area contributed by atoms with E-state index in [0.29, 0.717) is 0 Å². The fourth-order valence-corrected chi connectivity index (χ4v) is 1.52. The maximum absolute atomic E-state index is 13.0. The van der Waals surface area contributed by atoms with Gasteiger partial charge >= 0.3 is 0 Å². The van der Waals surface area contributed by atoms with Gasteiger partial charge in [-0.05, 0) is 23.8 Å². The Bertz CT molecular complexity index is 473. The molecule has 0 saturated carbocycles. The van der Waals surface area contributed by atoms with Crippen molar-refractivity contribution in [3.8, 4) is 0 Å². The molecule has 0 radical (unpaired) electrons. The zero-order chi connectivity index (χ0) is 10.1. The highest BCUT2D eigenvalue weighted by Gasteiger charge is 2.08. The van der Waals surface area contributed by atoms with Gasteiger partial charge in [-0.1, -0.05) is 6.08 Å². The third-order valence-corrected chi connectivity index (χ3v) is 2.29. The summed E-state index contributed by atoms with van der Waals surface area (Å²) in [5.74, 6) is -0.255. The molecular weight excluding hydrogens is 179 g/mol. The highest BCUT2D eigenvalue weighted by Crippen LogP contribution is 2.23. The predicted molar refractivity (Wildman–Crippen MR) is 55.4 cm³/mol. The van der Waals surface area contributed by atoms with E-state index in [2.05, 4.69) is 11.6 Å². The number of rotatable bonds is 2. The SMILES string of the molecule is C=CC(N)c1c[nH]c2ccc(F)cc12. The lowest BCUT2D eigenvalue weighted by molar-refractivity contribution is 0.629. The van der Waals surface area contributed by atoms with E-state index in [1.54, 1.807) is 18.3 Å². The average molecular weight is 190 g/mol. The van der Waals surface area contributed by atoms with Crippen LogP contribution < -0.4 is 5.73 Å². The molecule has 1 unspecified atom stereocenters. The van der Waals surface area contributed by atoms with Crippen LogP contribution in [0.2, 0.25) is 0 Å². The van der Waals surface area contributed by atoms with Gasteiger partial charge in [0.25, 0.3) is 0 Å². The first-order valence-electron chi connectivity index (χ1n) is 4.37. The van der Waals surface area contributed by atoms with Gasteiger partial charge < -0.3 is 10.7 Å². The third-order valence-electron chi connectivity index (χ3n) is 2.29. The zero-order valence-corrected chi connectivity index (χ0v) is 7.63. The van der Waals surface area contributed by atoms with E-state index in [4.69, 9.17) is 5.73 Å². The van der Waals surface area contributed by atoms with Crippen molar-refractivity contribution in [2.45, 2.75) is 6.04 Å². The fourth-order valence-electron chi connectivity index (χ4n) is 1.52. The molecule has 0 aliphatic heterocycles. The molecule has 1 aromatic heterocycles. The number of hydrogen-bond acceptors (Lipinski definition) is 1. The van der Waals surface area contributed by atoms with Crippen LogP contribution in [-0.2, 0) is 0 Å². The largest absolute Gasteiger partial charge is 0.361 e. The van der Waals surface area contributed by atoms with Gasteiger partial charge in [-0.15, -0.1) is 6.58 Å². The minimum atomic E-state index is -0.259. The summed E-state index contributed by atoms with van der Waals surface area (Å²) < 4.78 is 13.0. The topological polar surface area (TPSA) is 41.8 Å². The quantitative estimate of drug-likeness (QED) is 0.702. The predicted octanol–water partition coefficient (Wildman–Crippen LogP) is 2.49. The van der Waals surface area contributed by atoms with Gasteiger partial charge in [0.1, 0.15) is 5.82 Å². The van der Waals surface area contributed by atoms with Crippen LogP contribution in [0, 0.1) is 5.82 Å². The maximum atomic E-state index is 13.0. The first-order valence-corrected chi connectivity index (χ1v) is 4.37. The van der Waals surface area contributed by atoms with Crippen LogP contribution in [0.5, 0.6) is 0 Å². The lowest BCUT2D eigenvalue weighted by Gasteiger charge is -2.03. The Morgan fingerprint density at radius 1 is 1.50 bits per heavy atom. The molecule has 0 fully saturated rings. The molecule has 3 heteroatoms. The summed E-state index contributed by atoms with van der Waals surface area (Å²) in [6, 6.07) is 4.34. The van der Waals surface area contributed by atoms with E-state index in [1.807, 2.05) is 0 Å². The van der Waals surface area contributed by atoms with E-state index in [9.17, 15) is 4.39 Å². The van der Waals surface area contributed by atoms with Gasteiger partial charge in [-0.25, -0.2) is 4.39 Å². The minimum absolute atomic E-state index is 0.255. The lowest BCUT2D eigenvalue weighted by Crippen LogP contribution is -2.05. The summed E-state index contributed by atoms with van der Waals surface area (Å²) in [5.41, 5.74) is 7.55. The van der Waals surface area contributed by atoms with Crippen molar-refractivity contribution in [2.24, 2.45) is 5.73 Å². The van der Waals surface area contributed by atoms with Crippen LogP contribution in [0.25, 0.3) is 10.9 Å². The molecule has 3 N–H and O–H groups in total. The Morgan fingerprint density at radius 2 is 2.29 bits per heavy atom. The van der Waals surface area contributed by atoms with Crippen LogP contribution in [0.3, 0.4) is 0 Å². The number of nitrogens with two attached hydrogens (primary N) is 1. The molecule has 0 bridgehead atoms. The summed E-state index contributed by atoms with van der Waals surface area (Å²) in [5, 5.41) is 0.817. The summed E-state index contributed by atoms with van der Waals surface area (Å²) >= 11 is 0. The number of nitrogens with one attached hydrogen (secondary N) is 1. The van der Waals surface area contributed by atoms with Crippen LogP contribution in [0.4, 0.5) is 4.39 Å². The van der Waals surface area contributed by atoms with Gasteiger partial charge in [-0.2, -0.15) is 0 Å². The number of benzene rings is 1. The molecule has 72 valence electrons. The molecule has 2 rings (SSSR count). The molecule has 0 spiro atoms. The summed E-state index contributed by atoms with van der Waals surface area (Å²) in [7, 11) is 0. The molecule has 1 atom stereocenters. The highest BCUT2D eigenvalue weighted by molar-refractivity contribution is 5.83. The van der Waals surface area contributed by atoms with Crippen LogP contribution >= 0.6 is 0 Å². The number of aromatic nitrogens is 1. The first-order chi connectivity index (χ1) is 6.72. The molecule has 1 heterocycles. The molecule has 0 aliphatic rings. The van der Waals surface area contributed by atoms with E-state index < -0.39 is 0 Å². The standard InChI is InChI=1S/C11H11FN2/c1-2-10(13)9-6-14-11-4-3-7(12)5-8(9)11/h2-6,10,14H,1,13H2. The molecule has 0 amide bonds. The van der Waals surface area contributed by atoms with Gasteiger partial charge in [-0.3, -0.25) is 0 Å².